The van der Waals surface area contributed by atoms with Crippen molar-refractivity contribution in [2.75, 3.05) is 6.54 Å². The first-order chi connectivity index (χ1) is 24.9. The second kappa shape index (κ2) is 17.4. The van der Waals surface area contributed by atoms with Crippen molar-refractivity contribution in [2.24, 2.45) is 23.2 Å². The summed E-state index contributed by atoms with van der Waals surface area (Å²) in [6, 6.07) is -3.97. The molecule has 2 aliphatic carbocycles. The second-order valence-corrected chi connectivity index (χ2v) is 17.0. The predicted octanol–water partition coefficient (Wildman–Crippen LogP) is 4.05. The van der Waals surface area contributed by atoms with E-state index < -0.39 is 64.9 Å². The van der Waals surface area contributed by atoms with Gasteiger partial charge in [-0.2, -0.15) is 0 Å². The van der Waals surface area contributed by atoms with Crippen molar-refractivity contribution in [1.29, 1.82) is 0 Å². The van der Waals surface area contributed by atoms with Crippen molar-refractivity contribution >= 4 is 41.1 Å². The number of aromatic nitrogens is 1. The summed E-state index contributed by atoms with van der Waals surface area (Å²) >= 11 is 0. The van der Waals surface area contributed by atoms with E-state index in [9.17, 15) is 33.6 Å². The molecule has 1 aliphatic heterocycles. The van der Waals surface area contributed by atoms with E-state index in [2.05, 4.69) is 26.3 Å². The average Bonchev–Trinajstić information content (AvgIpc) is 3.70. The van der Waals surface area contributed by atoms with Crippen LogP contribution in [0.15, 0.2) is 0 Å². The summed E-state index contributed by atoms with van der Waals surface area (Å²) in [6.07, 6.45) is 7.30. The SMILES string of the molecule is CCC[C@H](NC(=O)[C@@H]1C(C(C)C)CCN1C(=O)[C@@H](NC(=O)C(NC(=O)c1[nH]c(C)c(C)c1C(C)=O)C1CCCCC1)C(C)(C)C)C(=O)C(=O)NC1CC1. The van der Waals surface area contributed by atoms with Gasteiger partial charge in [-0.1, -0.05) is 67.2 Å². The number of hydrogen-bond acceptors (Lipinski definition) is 7. The van der Waals surface area contributed by atoms with Gasteiger partial charge in [-0.05, 0) is 88.0 Å². The molecule has 294 valence electrons. The third-order valence-corrected chi connectivity index (χ3v) is 11.4. The maximum Gasteiger partial charge on any atom is 0.289 e. The van der Waals surface area contributed by atoms with Crippen LogP contribution in [0.5, 0.6) is 0 Å². The summed E-state index contributed by atoms with van der Waals surface area (Å²) in [5.41, 5.74) is 0.973. The van der Waals surface area contributed by atoms with Gasteiger partial charge in [0.05, 0.1) is 11.6 Å². The van der Waals surface area contributed by atoms with E-state index in [1.807, 2.05) is 41.5 Å². The number of carbonyl (C=O) groups is 7. The van der Waals surface area contributed by atoms with Crippen LogP contribution in [0.3, 0.4) is 0 Å². The molecule has 5 amide bonds. The number of H-pyrrole nitrogens is 1. The van der Waals surface area contributed by atoms with Crippen LogP contribution in [0.1, 0.15) is 145 Å². The van der Waals surface area contributed by atoms with Crippen LogP contribution in [0, 0.1) is 37.0 Å². The third-order valence-electron chi connectivity index (χ3n) is 11.4. The highest BCUT2D eigenvalue weighted by atomic mass is 16.2. The smallest absolute Gasteiger partial charge is 0.289 e. The molecule has 2 saturated carbocycles. The molecule has 4 rings (SSSR count). The summed E-state index contributed by atoms with van der Waals surface area (Å²) < 4.78 is 0. The maximum absolute atomic E-state index is 14.7. The van der Waals surface area contributed by atoms with Gasteiger partial charge in [-0.15, -0.1) is 0 Å². The first kappa shape index (κ1) is 41.7. The van der Waals surface area contributed by atoms with Crippen LogP contribution in [-0.4, -0.2) is 87.7 Å². The molecule has 5 atom stereocenters. The Balaban J connectivity index is 1.60. The lowest BCUT2D eigenvalue weighted by Gasteiger charge is -2.38. The van der Waals surface area contributed by atoms with Crippen LogP contribution in [-0.2, 0) is 24.0 Å². The van der Waals surface area contributed by atoms with Gasteiger partial charge in [-0.25, -0.2) is 0 Å². The van der Waals surface area contributed by atoms with E-state index in [0.717, 1.165) is 44.9 Å². The fourth-order valence-corrected chi connectivity index (χ4v) is 8.01. The summed E-state index contributed by atoms with van der Waals surface area (Å²) in [7, 11) is 0. The lowest BCUT2D eigenvalue weighted by Crippen LogP contribution is -2.62. The van der Waals surface area contributed by atoms with E-state index >= 15 is 0 Å². The van der Waals surface area contributed by atoms with E-state index in [-0.39, 0.29) is 53.8 Å². The highest BCUT2D eigenvalue weighted by Gasteiger charge is 2.48. The molecule has 3 aliphatic rings. The van der Waals surface area contributed by atoms with Crippen LogP contribution >= 0.6 is 0 Å². The monoisotopic (exact) mass is 738 g/mol. The molecule has 1 aromatic rings. The van der Waals surface area contributed by atoms with E-state index in [1.54, 1.807) is 13.8 Å². The van der Waals surface area contributed by atoms with Gasteiger partial charge in [0.2, 0.25) is 23.5 Å². The van der Waals surface area contributed by atoms with Gasteiger partial charge in [0.15, 0.2) is 5.78 Å². The molecule has 13 heteroatoms. The Hall–Kier alpha value is -4.03. The lowest BCUT2D eigenvalue weighted by molar-refractivity contribution is -0.146. The first-order valence-electron chi connectivity index (χ1n) is 19.6. The largest absolute Gasteiger partial charge is 0.354 e. The Morgan fingerprint density at radius 1 is 0.887 bits per heavy atom. The van der Waals surface area contributed by atoms with Gasteiger partial charge < -0.3 is 31.2 Å². The zero-order valence-corrected chi connectivity index (χ0v) is 33.2. The lowest BCUT2D eigenvalue weighted by atomic mass is 9.81. The van der Waals surface area contributed by atoms with Gasteiger partial charge in [0.25, 0.3) is 11.8 Å². The molecule has 1 saturated heterocycles. The fourth-order valence-electron chi connectivity index (χ4n) is 8.01. The Bertz CT molecular complexity index is 1570. The van der Waals surface area contributed by atoms with Crippen LogP contribution in [0.4, 0.5) is 0 Å². The molecule has 53 heavy (non-hydrogen) atoms. The minimum absolute atomic E-state index is 0.00634. The molecule has 0 aromatic carbocycles. The number of aromatic amines is 1. The number of rotatable bonds is 15. The third kappa shape index (κ3) is 9.94. The molecule has 0 radical (unpaired) electrons. The molecule has 3 fully saturated rings. The van der Waals surface area contributed by atoms with Crippen LogP contribution in [0.2, 0.25) is 0 Å². The Kier molecular flexibility index (Phi) is 13.7. The molecule has 1 aromatic heterocycles. The minimum atomic E-state index is -1.06. The van der Waals surface area contributed by atoms with Crippen molar-refractivity contribution in [1.82, 2.24) is 31.2 Å². The first-order valence-corrected chi connectivity index (χ1v) is 19.6. The van der Waals surface area contributed by atoms with Gasteiger partial charge in [0, 0.05) is 18.3 Å². The molecular formula is C40H62N6O7. The standard InChI is InChI=1S/C40H62N6O7/c1-10-14-28(33(48)38(52)42-26-17-18-26)43-37(51)32-27(21(2)3)19-20-46(32)39(53)34(40(7,8)9)45-35(49)30(25-15-12-11-13-16-25)44-36(50)31-29(24(6)47)22(4)23(5)41-31/h21,25-28,30,32,34,41H,10-20H2,1-9H3,(H,42,52)(H,43,51)(H,44,50)(H,45,49)/t27?,28-,30?,32-,34+/m0/s1. The Morgan fingerprint density at radius 3 is 2.08 bits per heavy atom. The number of amides is 5. The summed E-state index contributed by atoms with van der Waals surface area (Å²) in [6.45, 7) is 16.6. The normalized spacial score (nSPS) is 21.1. The number of ketones is 2. The molecule has 2 heterocycles. The van der Waals surface area contributed by atoms with Gasteiger partial charge in [0.1, 0.15) is 23.8 Å². The number of hydrogen-bond donors (Lipinski definition) is 5. The van der Waals surface area contributed by atoms with E-state index in [1.165, 1.54) is 11.8 Å². The second-order valence-electron chi connectivity index (χ2n) is 17.0. The highest BCUT2D eigenvalue weighted by Crippen LogP contribution is 2.34. The highest BCUT2D eigenvalue weighted by molar-refractivity contribution is 6.38. The van der Waals surface area contributed by atoms with Crippen molar-refractivity contribution in [2.45, 2.75) is 157 Å². The van der Waals surface area contributed by atoms with Crippen LogP contribution in [0.25, 0.3) is 0 Å². The number of aryl methyl sites for hydroxylation is 1. The van der Waals surface area contributed by atoms with Crippen molar-refractivity contribution in [3.05, 3.63) is 22.5 Å². The molecule has 0 bridgehead atoms. The molecule has 0 spiro atoms. The maximum atomic E-state index is 14.7. The van der Waals surface area contributed by atoms with Crippen molar-refractivity contribution < 1.29 is 33.6 Å². The fraction of sp³-hybridized carbons (Fsp3) is 0.725. The number of nitrogens with one attached hydrogen (secondary N) is 5. The summed E-state index contributed by atoms with van der Waals surface area (Å²) in [5, 5.41) is 11.5. The van der Waals surface area contributed by atoms with Crippen molar-refractivity contribution in [3.8, 4) is 0 Å². The zero-order valence-electron chi connectivity index (χ0n) is 33.2. The zero-order chi connectivity index (χ0) is 39.4. The molecule has 5 N–H and O–H groups in total. The van der Waals surface area contributed by atoms with Gasteiger partial charge >= 0.3 is 0 Å². The number of nitrogens with zero attached hydrogens (tertiary/aromatic N) is 1. The summed E-state index contributed by atoms with van der Waals surface area (Å²) in [4.78, 5) is 99.9. The topological polar surface area (TPSA) is 187 Å². The average molecular weight is 739 g/mol. The molecular weight excluding hydrogens is 676 g/mol. The number of likely N-dealkylation sites (tertiary alicyclic amines) is 1. The quantitative estimate of drug-likeness (QED) is 0.133. The molecule has 13 nitrogen and oxygen atoms in total. The predicted molar refractivity (Wildman–Crippen MR) is 201 cm³/mol. The van der Waals surface area contributed by atoms with Gasteiger partial charge in [-0.3, -0.25) is 33.6 Å². The number of Topliss-reactive ketones (excluding diaryl/α,β-unsaturated/α-hetero) is 2. The molecule has 2 unspecified atom stereocenters. The Labute approximate surface area is 314 Å². The van der Waals surface area contributed by atoms with E-state index in [0.29, 0.717) is 24.1 Å². The van der Waals surface area contributed by atoms with Crippen molar-refractivity contribution in [3.63, 3.8) is 0 Å². The number of carbonyl (C=O) groups excluding carboxylic acids is 7. The van der Waals surface area contributed by atoms with Crippen LogP contribution < -0.4 is 21.3 Å². The summed E-state index contributed by atoms with van der Waals surface area (Å²) in [5.74, 6) is -4.02. The Morgan fingerprint density at radius 2 is 1.53 bits per heavy atom. The minimum Gasteiger partial charge on any atom is -0.354 e. The van der Waals surface area contributed by atoms with E-state index in [4.69, 9.17) is 0 Å².